The first-order valence-electron chi connectivity index (χ1n) is 8.91. The molecule has 0 saturated carbocycles. The third-order valence-electron chi connectivity index (χ3n) is 4.81. The lowest BCUT2D eigenvalue weighted by atomic mass is 9.90. The molecule has 0 aliphatic carbocycles. The van der Waals surface area contributed by atoms with Crippen LogP contribution in [-0.2, 0) is 18.4 Å². The number of hydrogen-bond acceptors (Lipinski definition) is 4. The molecule has 0 N–H and O–H groups in total. The Kier molecular flexibility index (Phi) is 5.48. The summed E-state index contributed by atoms with van der Waals surface area (Å²) in [6.45, 7) is 6.65. The molecule has 1 fully saturated rings. The van der Waals surface area contributed by atoms with Gasteiger partial charge in [-0.25, -0.2) is 9.97 Å². The topological polar surface area (TPSA) is 60.3 Å². The van der Waals surface area contributed by atoms with Crippen molar-refractivity contribution in [1.82, 2.24) is 19.4 Å². The number of carbonyl (C=O) groups is 1. The van der Waals surface area contributed by atoms with Crippen LogP contribution in [-0.4, -0.2) is 45.0 Å². The number of hydrogen-bond donors (Lipinski definition) is 0. The molecule has 0 unspecified atom stereocenters. The molecule has 1 amide bonds. The minimum atomic E-state index is 0.111. The van der Waals surface area contributed by atoms with Crippen LogP contribution in [0.2, 0.25) is 0 Å². The maximum Gasteiger partial charge on any atom is 0.270 e. The van der Waals surface area contributed by atoms with E-state index < -0.39 is 0 Å². The second kappa shape index (κ2) is 7.78. The van der Waals surface area contributed by atoms with Gasteiger partial charge in [0, 0.05) is 50.6 Å². The van der Waals surface area contributed by atoms with Gasteiger partial charge in [-0.05, 0) is 38.8 Å². The Morgan fingerprint density at radius 2 is 2.12 bits per heavy atom. The normalized spacial score (nSPS) is 15.6. The van der Waals surface area contributed by atoms with Crippen molar-refractivity contribution in [1.29, 1.82) is 0 Å². The van der Waals surface area contributed by atoms with E-state index in [1.165, 1.54) is 0 Å². The zero-order valence-corrected chi connectivity index (χ0v) is 15.2. The average Bonchev–Trinajstić information content (AvgIpc) is 3.06. The van der Waals surface area contributed by atoms with E-state index in [0.29, 0.717) is 19.1 Å². The van der Waals surface area contributed by atoms with Crippen LogP contribution in [0.3, 0.4) is 0 Å². The van der Waals surface area contributed by atoms with Gasteiger partial charge in [0.2, 0.25) is 0 Å². The van der Waals surface area contributed by atoms with Crippen molar-refractivity contribution in [2.45, 2.75) is 39.2 Å². The molecule has 1 aliphatic heterocycles. The summed E-state index contributed by atoms with van der Waals surface area (Å²) in [5.74, 6) is 1.26. The number of rotatable bonds is 5. The first kappa shape index (κ1) is 17.6. The van der Waals surface area contributed by atoms with Crippen LogP contribution in [0.5, 0.6) is 0 Å². The maximum atomic E-state index is 12.6. The molecular formula is C19H26N4O2. The molecule has 3 heterocycles. The van der Waals surface area contributed by atoms with E-state index in [0.717, 1.165) is 48.7 Å². The van der Waals surface area contributed by atoms with E-state index in [1.54, 1.807) is 0 Å². The summed E-state index contributed by atoms with van der Waals surface area (Å²) in [5, 5.41) is 0. The first-order chi connectivity index (χ1) is 12.1. The lowest BCUT2D eigenvalue weighted by Gasteiger charge is -2.32. The van der Waals surface area contributed by atoms with Gasteiger partial charge >= 0.3 is 0 Å². The van der Waals surface area contributed by atoms with Crippen LogP contribution in [0.4, 0.5) is 0 Å². The number of amides is 1. The van der Waals surface area contributed by atoms with Crippen molar-refractivity contribution in [3.8, 4) is 0 Å². The summed E-state index contributed by atoms with van der Waals surface area (Å²) in [6.07, 6.45) is 5.63. The second-order valence-corrected chi connectivity index (χ2v) is 6.54. The molecular weight excluding hydrogens is 316 g/mol. The van der Waals surface area contributed by atoms with Gasteiger partial charge in [0.25, 0.3) is 5.91 Å². The van der Waals surface area contributed by atoms with E-state index in [-0.39, 0.29) is 5.91 Å². The molecule has 25 heavy (non-hydrogen) atoms. The fourth-order valence-corrected chi connectivity index (χ4v) is 3.39. The van der Waals surface area contributed by atoms with Gasteiger partial charge in [0.1, 0.15) is 11.5 Å². The Morgan fingerprint density at radius 3 is 2.76 bits per heavy atom. The lowest BCUT2D eigenvalue weighted by Crippen LogP contribution is -2.39. The molecule has 0 spiro atoms. The quantitative estimate of drug-likeness (QED) is 0.838. The summed E-state index contributed by atoms with van der Waals surface area (Å²) >= 11 is 0. The Balaban J connectivity index is 1.69. The molecule has 134 valence electrons. The number of aromatic nitrogens is 3. The molecule has 0 radical (unpaired) electrons. The van der Waals surface area contributed by atoms with Crippen LogP contribution >= 0.6 is 0 Å². The van der Waals surface area contributed by atoms with Gasteiger partial charge in [-0.3, -0.25) is 4.79 Å². The highest BCUT2D eigenvalue weighted by Crippen LogP contribution is 2.30. The highest BCUT2D eigenvalue weighted by molar-refractivity contribution is 5.92. The summed E-state index contributed by atoms with van der Waals surface area (Å²) < 4.78 is 7.44. The number of nitrogens with zero attached hydrogens (tertiary/aromatic N) is 4. The van der Waals surface area contributed by atoms with Crippen molar-refractivity contribution in [2.75, 3.05) is 19.7 Å². The summed E-state index contributed by atoms with van der Waals surface area (Å²) in [7, 11) is 1.91. The SMILES string of the molecule is CCOCc1cnc(C)nc1C1CCN(C(=O)c2cccn2C)CC1. The lowest BCUT2D eigenvalue weighted by molar-refractivity contribution is 0.0701. The highest BCUT2D eigenvalue weighted by Gasteiger charge is 2.27. The summed E-state index contributed by atoms with van der Waals surface area (Å²) in [4.78, 5) is 23.6. The summed E-state index contributed by atoms with van der Waals surface area (Å²) in [6, 6.07) is 3.78. The number of aryl methyl sites for hydroxylation is 2. The van der Waals surface area contributed by atoms with E-state index in [9.17, 15) is 4.79 Å². The molecule has 2 aromatic heterocycles. The number of ether oxygens (including phenoxy) is 1. The molecule has 0 aromatic carbocycles. The van der Waals surface area contributed by atoms with Crippen LogP contribution in [0.1, 0.15) is 53.3 Å². The van der Waals surface area contributed by atoms with Crippen molar-refractivity contribution in [3.05, 3.63) is 47.3 Å². The van der Waals surface area contributed by atoms with E-state index in [4.69, 9.17) is 4.74 Å². The predicted molar refractivity (Wildman–Crippen MR) is 95.4 cm³/mol. The van der Waals surface area contributed by atoms with Gasteiger partial charge in [-0.1, -0.05) is 0 Å². The van der Waals surface area contributed by atoms with Gasteiger partial charge < -0.3 is 14.2 Å². The zero-order valence-electron chi connectivity index (χ0n) is 15.2. The van der Waals surface area contributed by atoms with Crippen LogP contribution in [0.15, 0.2) is 24.5 Å². The summed E-state index contributed by atoms with van der Waals surface area (Å²) in [5.41, 5.74) is 2.90. The fraction of sp³-hybridized carbons (Fsp3) is 0.526. The molecule has 0 bridgehead atoms. The van der Waals surface area contributed by atoms with E-state index >= 15 is 0 Å². The molecule has 1 aliphatic rings. The smallest absolute Gasteiger partial charge is 0.270 e. The van der Waals surface area contributed by atoms with E-state index in [2.05, 4.69) is 9.97 Å². The van der Waals surface area contributed by atoms with E-state index in [1.807, 2.05) is 54.9 Å². The Labute approximate surface area is 148 Å². The molecule has 1 saturated heterocycles. The van der Waals surface area contributed by atoms with Crippen LogP contribution in [0, 0.1) is 6.92 Å². The molecule has 6 heteroatoms. The molecule has 3 rings (SSSR count). The first-order valence-corrected chi connectivity index (χ1v) is 8.91. The third-order valence-corrected chi connectivity index (χ3v) is 4.81. The van der Waals surface area contributed by atoms with Gasteiger partial charge in [-0.2, -0.15) is 0 Å². The Bertz CT molecular complexity index is 733. The number of carbonyl (C=O) groups excluding carboxylic acids is 1. The maximum absolute atomic E-state index is 12.6. The van der Waals surface area contributed by atoms with Gasteiger partial charge in [0.15, 0.2) is 0 Å². The fourth-order valence-electron chi connectivity index (χ4n) is 3.39. The largest absolute Gasteiger partial charge is 0.377 e. The van der Waals surface area contributed by atoms with Crippen molar-refractivity contribution >= 4 is 5.91 Å². The van der Waals surface area contributed by atoms with Crippen molar-refractivity contribution in [2.24, 2.45) is 7.05 Å². The third kappa shape index (κ3) is 3.90. The van der Waals surface area contributed by atoms with Crippen LogP contribution in [0.25, 0.3) is 0 Å². The molecule has 2 aromatic rings. The van der Waals surface area contributed by atoms with Crippen molar-refractivity contribution < 1.29 is 9.53 Å². The zero-order chi connectivity index (χ0) is 17.8. The standard InChI is InChI=1S/C19H26N4O2/c1-4-25-13-16-12-20-14(2)21-18(16)15-7-10-23(11-8-15)19(24)17-6-5-9-22(17)3/h5-6,9,12,15H,4,7-8,10-11,13H2,1-3H3. The monoisotopic (exact) mass is 342 g/mol. The van der Waals surface area contributed by atoms with Gasteiger partial charge in [-0.15, -0.1) is 0 Å². The number of likely N-dealkylation sites (tertiary alicyclic amines) is 1. The Morgan fingerprint density at radius 1 is 1.36 bits per heavy atom. The van der Waals surface area contributed by atoms with Crippen molar-refractivity contribution in [3.63, 3.8) is 0 Å². The minimum absolute atomic E-state index is 0.111. The molecule has 6 nitrogen and oxygen atoms in total. The Hall–Kier alpha value is -2.21. The average molecular weight is 342 g/mol. The van der Waals surface area contributed by atoms with Crippen LogP contribution < -0.4 is 0 Å². The minimum Gasteiger partial charge on any atom is -0.377 e. The highest BCUT2D eigenvalue weighted by atomic mass is 16.5. The second-order valence-electron chi connectivity index (χ2n) is 6.54. The predicted octanol–water partition coefficient (Wildman–Crippen LogP) is 2.68. The van der Waals surface area contributed by atoms with Gasteiger partial charge in [0.05, 0.1) is 12.3 Å². The number of piperidine rings is 1. The molecule has 0 atom stereocenters.